The van der Waals surface area contributed by atoms with Crippen LogP contribution in [0.1, 0.15) is 15.9 Å². The fourth-order valence-electron chi connectivity index (χ4n) is 2.29. The van der Waals surface area contributed by atoms with Crippen molar-refractivity contribution in [3.8, 4) is 11.6 Å². The molecule has 0 atom stereocenters. The lowest BCUT2D eigenvalue weighted by Crippen LogP contribution is -2.13. The van der Waals surface area contributed by atoms with Crippen molar-refractivity contribution >= 4 is 23.2 Å². The van der Waals surface area contributed by atoms with E-state index in [0.29, 0.717) is 10.8 Å². The van der Waals surface area contributed by atoms with E-state index in [1.807, 2.05) is 0 Å². The summed E-state index contributed by atoms with van der Waals surface area (Å²) in [5, 5.41) is 7.01. The van der Waals surface area contributed by atoms with Crippen LogP contribution in [0.3, 0.4) is 0 Å². The highest BCUT2D eigenvalue weighted by molar-refractivity contribution is 6.30. The third-order valence-electron chi connectivity index (χ3n) is 3.52. The molecule has 0 fully saturated rings. The number of aryl methyl sites for hydroxylation is 1. The normalized spacial score (nSPS) is 11.3. The van der Waals surface area contributed by atoms with Crippen molar-refractivity contribution in [2.45, 2.75) is 6.18 Å². The topological polar surface area (TPSA) is 56.2 Å². The van der Waals surface area contributed by atoms with Gasteiger partial charge in [-0.1, -0.05) is 17.7 Å². The smallest absolute Gasteiger partial charge is 0.416 e. The zero-order valence-corrected chi connectivity index (χ0v) is 14.7. The lowest BCUT2D eigenvalue weighted by molar-refractivity contribution is -0.137. The van der Waals surface area contributed by atoms with E-state index in [9.17, 15) is 18.0 Å². The number of nitrogens with one attached hydrogen (secondary N) is 1. The van der Waals surface area contributed by atoms with Gasteiger partial charge in [-0.25, -0.2) is 0 Å². The fourth-order valence-corrected chi connectivity index (χ4v) is 2.41. The van der Waals surface area contributed by atoms with E-state index in [1.165, 1.54) is 23.0 Å². The minimum atomic E-state index is -4.50. The van der Waals surface area contributed by atoms with Crippen molar-refractivity contribution in [2.75, 3.05) is 5.32 Å². The molecule has 5 nitrogen and oxygen atoms in total. The van der Waals surface area contributed by atoms with Crippen molar-refractivity contribution in [3.05, 3.63) is 70.9 Å². The summed E-state index contributed by atoms with van der Waals surface area (Å²) in [6, 6.07) is 10.8. The molecule has 0 radical (unpaired) electrons. The predicted molar refractivity (Wildman–Crippen MR) is 94.1 cm³/mol. The van der Waals surface area contributed by atoms with Crippen LogP contribution in [0.4, 0.5) is 18.9 Å². The molecule has 0 spiro atoms. The molecule has 0 aliphatic rings. The standard InChI is InChI=1S/C18H13ClF3N3O2/c1-25-10-15(17(24-25)27-14-7-5-12(19)6-8-14)16(26)23-13-4-2-3-11(9-13)18(20,21)22/h2-10H,1H3,(H,23,26). The van der Waals surface area contributed by atoms with Crippen LogP contribution in [0.15, 0.2) is 54.7 Å². The molecule has 0 saturated heterocycles. The molecule has 1 amide bonds. The maximum absolute atomic E-state index is 12.8. The number of anilines is 1. The Balaban J connectivity index is 1.82. The van der Waals surface area contributed by atoms with Crippen LogP contribution in [0.25, 0.3) is 0 Å². The highest BCUT2D eigenvalue weighted by atomic mass is 35.5. The van der Waals surface area contributed by atoms with E-state index < -0.39 is 17.6 Å². The molecule has 0 aliphatic heterocycles. The molecule has 0 saturated carbocycles. The zero-order chi connectivity index (χ0) is 19.6. The molecule has 9 heteroatoms. The molecular weight excluding hydrogens is 383 g/mol. The van der Waals surface area contributed by atoms with Crippen molar-refractivity contribution in [2.24, 2.45) is 7.05 Å². The van der Waals surface area contributed by atoms with Gasteiger partial charge in [-0.05, 0) is 42.5 Å². The molecule has 27 heavy (non-hydrogen) atoms. The van der Waals surface area contributed by atoms with E-state index in [-0.39, 0.29) is 17.1 Å². The van der Waals surface area contributed by atoms with E-state index in [1.54, 1.807) is 31.3 Å². The molecule has 1 aromatic heterocycles. The summed E-state index contributed by atoms with van der Waals surface area (Å²) in [6.45, 7) is 0. The van der Waals surface area contributed by atoms with Gasteiger partial charge in [-0.3, -0.25) is 9.48 Å². The molecule has 0 aliphatic carbocycles. The number of ether oxygens (including phenoxy) is 1. The Labute approximate surface area is 157 Å². The largest absolute Gasteiger partial charge is 0.437 e. The van der Waals surface area contributed by atoms with Crippen LogP contribution in [0.5, 0.6) is 11.6 Å². The second-order valence-corrected chi connectivity index (χ2v) is 6.05. The quantitative estimate of drug-likeness (QED) is 0.665. The van der Waals surface area contributed by atoms with Gasteiger partial charge >= 0.3 is 6.18 Å². The summed E-state index contributed by atoms with van der Waals surface area (Å²) >= 11 is 5.82. The number of aromatic nitrogens is 2. The van der Waals surface area contributed by atoms with E-state index in [0.717, 1.165) is 12.1 Å². The van der Waals surface area contributed by atoms with Crippen LogP contribution in [0.2, 0.25) is 5.02 Å². The predicted octanol–water partition coefficient (Wildman–Crippen LogP) is 5.14. The average Bonchev–Trinajstić information content (AvgIpc) is 2.97. The first-order chi connectivity index (χ1) is 12.7. The number of carbonyl (C=O) groups excluding carboxylic acids is 1. The van der Waals surface area contributed by atoms with Crippen molar-refractivity contribution < 1.29 is 22.7 Å². The third-order valence-corrected chi connectivity index (χ3v) is 3.77. The van der Waals surface area contributed by atoms with Gasteiger partial charge in [-0.2, -0.15) is 13.2 Å². The number of halogens is 4. The summed E-state index contributed by atoms with van der Waals surface area (Å²) < 4.78 is 45.4. The minimum absolute atomic E-state index is 0.0103. The molecule has 1 N–H and O–H groups in total. The Morgan fingerprint density at radius 2 is 1.89 bits per heavy atom. The lowest BCUT2D eigenvalue weighted by atomic mass is 10.2. The molecule has 140 valence electrons. The number of amides is 1. The Morgan fingerprint density at radius 1 is 1.19 bits per heavy atom. The second-order valence-electron chi connectivity index (χ2n) is 5.61. The molecule has 2 aromatic carbocycles. The monoisotopic (exact) mass is 395 g/mol. The van der Waals surface area contributed by atoms with Crippen molar-refractivity contribution in [3.63, 3.8) is 0 Å². The summed E-state index contributed by atoms with van der Waals surface area (Å²) in [7, 11) is 1.59. The van der Waals surface area contributed by atoms with Crippen LogP contribution in [0, 0.1) is 0 Å². The SMILES string of the molecule is Cn1cc(C(=O)Nc2cccc(C(F)(F)F)c2)c(Oc2ccc(Cl)cc2)n1. The first-order valence-electron chi connectivity index (χ1n) is 7.68. The third kappa shape index (κ3) is 4.59. The summed E-state index contributed by atoms with van der Waals surface area (Å²) in [5.41, 5.74) is -0.773. The Kier molecular flexibility index (Phi) is 5.09. The van der Waals surface area contributed by atoms with E-state index in [2.05, 4.69) is 10.4 Å². The number of rotatable bonds is 4. The minimum Gasteiger partial charge on any atom is -0.437 e. The molecule has 0 bridgehead atoms. The van der Waals surface area contributed by atoms with Gasteiger partial charge < -0.3 is 10.1 Å². The Bertz CT molecular complexity index is 969. The zero-order valence-electron chi connectivity index (χ0n) is 13.9. The van der Waals surface area contributed by atoms with Gasteiger partial charge in [0.2, 0.25) is 0 Å². The van der Waals surface area contributed by atoms with Gasteiger partial charge in [0, 0.05) is 24.0 Å². The van der Waals surface area contributed by atoms with Crippen LogP contribution < -0.4 is 10.1 Å². The van der Waals surface area contributed by atoms with Crippen molar-refractivity contribution in [1.82, 2.24) is 9.78 Å². The lowest BCUT2D eigenvalue weighted by Gasteiger charge is -2.10. The van der Waals surface area contributed by atoms with Gasteiger partial charge in [0.05, 0.1) is 5.56 Å². The van der Waals surface area contributed by atoms with Gasteiger partial charge in [-0.15, -0.1) is 5.10 Å². The number of nitrogens with zero attached hydrogens (tertiary/aromatic N) is 2. The number of hydrogen-bond acceptors (Lipinski definition) is 3. The second kappa shape index (κ2) is 7.32. The Morgan fingerprint density at radius 3 is 2.56 bits per heavy atom. The summed E-state index contributed by atoms with van der Waals surface area (Å²) in [6.07, 6.45) is -3.09. The molecule has 3 rings (SSSR count). The first kappa shape index (κ1) is 18.8. The highest BCUT2D eigenvalue weighted by Crippen LogP contribution is 2.31. The van der Waals surface area contributed by atoms with Crippen LogP contribution >= 0.6 is 11.6 Å². The first-order valence-corrected chi connectivity index (χ1v) is 8.06. The maximum Gasteiger partial charge on any atom is 0.416 e. The van der Waals surface area contributed by atoms with Crippen LogP contribution in [-0.4, -0.2) is 15.7 Å². The van der Waals surface area contributed by atoms with Crippen molar-refractivity contribution in [1.29, 1.82) is 0 Å². The molecule has 0 unspecified atom stereocenters. The Hall–Kier alpha value is -3.00. The number of benzene rings is 2. The number of alkyl halides is 3. The highest BCUT2D eigenvalue weighted by Gasteiger charge is 2.30. The number of carbonyl (C=O) groups is 1. The van der Waals surface area contributed by atoms with E-state index in [4.69, 9.17) is 16.3 Å². The van der Waals surface area contributed by atoms with Crippen LogP contribution in [-0.2, 0) is 13.2 Å². The van der Waals surface area contributed by atoms with E-state index >= 15 is 0 Å². The average molecular weight is 396 g/mol. The molecular formula is C18H13ClF3N3O2. The summed E-state index contributed by atoms with van der Waals surface area (Å²) in [5.74, 6) is -0.220. The number of hydrogen-bond donors (Lipinski definition) is 1. The maximum atomic E-state index is 12.8. The summed E-state index contributed by atoms with van der Waals surface area (Å²) in [4.78, 5) is 12.5. The van der Waals surface area contributed by atoms with Gasteiger partial charge in [0.25, 0.3) is 11.8 Å². The molecule has 1 heterocycles. The fraction of sp³-hybridized carbons (Fsp3) is 0.111. The molecule has 3 aromatic rings. The van der Waals surface area contributed by atoms with Gasteiger partial charge in [0.15, 0.2) is 0 Å². The van der Waals surface area contributed by atoms with Gasteiger partial charge in [0.1, 0.15) is 11.3 Å².